The number of alkyl halides is 3. The molecule has 2 aromatic heterocycles. The Morgan fingerprint density at radius 2 is 2.05 bits per heavy atom. The van der Waals surface area contributed by atoms with Crippen molar-refractivity contribution >= 4 is 11.7 Å². The van der Waals surface area contributed by atoms with Crippen molar-refractivity contribution in [2.45, 2.75) is 25.9 Å². The van der Waals surface area contributed by atoms with Gasteiger partial charge in [0.1, 0.15) is 5.56 Å². The first kappa shape index (κ1) is 13.2. The third kappa shape index (κ3) is 2.23. The summed E-state index contributed by atoms with van der Waals surface area (Å²) in [6.45, 7) is 3.42. The second-order valence-corrected chi connectivity index (χ2v) is 4.16. The van der Waals surface area contributed by atoms with E-state index in [1.807, 2.05) is 0 Å². The number of halogens is 3. The van der Waals surface area contributed by atoms with E-state index in [2.05, 4.69) is 15.1 Å². The molecule has 0 aliphatic heterocycles. The Balaban J connectivity index is 2.83. The van der Waals surface area contributed by atoms with E-state index in [0.717, 1.165) is 0 Å². The fraction of sp³-hybridized carbons (Fsp3) is 0.400. The standard InChI is InChI=1S/C10H9F3N4O2/c1-4(2)7-15-9-14-3-5(8(18)19)6(10(11,12)13)17(9)16-7/h3-4H,1-2H3,(H,18,19). The van der Waals surface area contributed by atoms with Gasteiger partial charge in [0, 0.05) is 12.1 Å². The van der Waals surface area contributed by atoms with E-state index in [-0.39, 0.29) is 17.5 Å². The Hall–Kier alpha value is -2.19. The number of fused-ring (bicyclic) bond motifs is 1. The molecule has 0 amide bonds. The van der Waals surface area contributed by atoms with Crippen LogP contribution in [0.25, 0.3) is 5.78 Å². The second-order valence-electron chi connectivity index (χ2n) is 4.16. The van der Waals surface area contributed by atoms with Crippen LogP contribution in [0.15, 0.2) is 6.20 Å². The van der Waals surface area contributed by atoms with E-state index < -0.39 is 23.4 Å². The zero-order valence-electron chi connectivity index (χ0n) is 9.93. The minimum absolute atomic E-state index is 0.167. The Morgan fingerprint density at radius 3 is 2.53 bits per heavy atom. The summed E-state index contributed by atoms with van der Waals surface area (Å²) < 4.78 is 39.3. The number of rotatable bonds is 2. The van der Waals surface area contributed by atoms with Gasteiger partial charge in [-0.15, -0.1) is 5.10 Å². The first-order valence-electron chi connectivity index (χ1n) is 5.28. The number of aromatic carboxylic acids is 1. The first-order chi connectivity index (χ1) is 8.71. The van der Waals surface area contributed by atoms with Gasteiger partial charge in [0.2, 0.25) is 0 Å². The maximum absolute atomic E-state index is 13.0. The van der Waals surface area contributed by atoms with E-state index in [0.29, 0.717) is 10.7 Å². The molecule has 0 radical (unpaired) electrons. The minimum atomic E-state index is -4.86. The summed E-state index contributed by atoms with van der Waals surface area (Å²) in [4.78, 5) is 18.3. The third-order valence-electron chi connectivity index (χ3n) is 2.40. The Labute approximate surface area is 104 Å². The number of carboxylic acids is 1. The summed E-state index contributed by atoms with van der Waals surface area (Å²) in [7, 11) is 0. The summed E-state index contributed by atoms with van der Waals surface area (Å²) in [6.07, 6.45) is -4.23. The molecule has 0 saturated carbocycles. The van der Waals surface area contributed by atoms with Gasteiger partial charge in [-0.3, -0.25) is 0 Å². The maximum atomic E-state index is 13.0. The quantitative estimate of drug-likeness (QED) is 0.905. The van der Waals surface area contributed by atoms with Crippen LogP contribution >= 0.6 is 0 Å². The zero-order chi connectivity index (χ0) is 14.4. The summed E-state index contributed by atoms with van der Waals surface area (Å²) in [5.41, 5.74) is -2.34. The number of nitrogens with zero attached hydrogens (tertiary/aromatic N) is 4. The number of carboxylic acid groups (broad SMARTS) is 1. The minimum Gasteiger partial charge on any atom is -0.478 e. The Bertz CT molecular complexity index is 648. The van der Waals surface area contributed by atoms with Gasteiger partial charge in [0.15, 0.2) is 11.5 Å². The molecule has 6 nitrogen and oxygen atoms in total. The largest absolute Gasteiger partial charge is 0.478 e. The van der Waals surface area contributed by atoms with Gasteiger partial charge >= 0.3 is 12.1 Å². The predicted octanol–water partition coefficient (Wildman–Crippen LogP) is 1.96. The molecule has 0 fully saturated rings. The van der Waals surface area contributed by atoms with Crippen LogP contribution in [0.4, 0.5) is 13.2 Å². The second kappa shape index (κ2) is 4.18. The van der Waals surface area contributed by atoms with Crippen LogP contribution in [0.2, 0.25) is 0 Å². The molecule has 2 rings (SSSR count). The van der Waals surface area contributed by atoms with Crippen molar-refractivity contribution in [3.8, 4) is 0 Å². The van der Waals surface area contributed by atoms with Crippen LogP contribution in [0.1, 0.15) is 41.6 Å². The van der Waals surface area contributed by atoms with Crippen LogP contribution in [0.5, 0.6) is 0 Å². The smallest absolute Gasteiger partial charge is 0.434 e. The molecule has 9 heteroatoms. The van der Waals surface area contributed by atoms with E-state index in [9.17, 15) is 18.0 Å². The summed E-state index contributed by atoms with van der Waals surface area (Å²) in [6, 6.07) is 0. The molecule has 0 spiro atoms. The van der Waals surface area contributed by atoms with E-state index in [4.69, 9.17) is 5.11 Å². The van der Waals surface area contributed by atoms with Gasteiger partial charge in [0.25, 0.3) is 5.78 Å². The number of hydrogen-bond donors (Lipinski definition) is 1. The summed E-state index contributed by atoms with van der Waals surface area (Å²) in [5, 5.41) is 12.5. The number of hydrogen-bond acceptors (Lipinski definition) is 4. The van der Waals surface area contributed by atoms with Crippen LogP contribution in [0.3, 0.4) is 0 Å². The van der Waals surface area contributed by atoms with Crippen molar-refractivity contribution in [2.24, 2.45) is 0 Å². The lowest BCUT2D eigenvalue weighted by Gasteiger charge is -2.10. The Kier molecular flexibility index (Phi) is 2.91. The molecule has 0 aromatic carbocycles. The van der Waals surface area contributed by atoms with Gasteiger partial charge in [-0.1, -0.05) is 13.8 Å². The van der Waals surface area contributed by atoms with Crippen molar-refractivity contribution in [2.75, 3.05) is 0 Å². The zero-order valence-corrected chi connectivity index (χ0v) is 9.93. The lowest BCUT2D eigenvalue weighted by Crippen LogP contribution is -2.19. The monoisotopic (exact) mass is 274 g/mol. The number of carbonyl (C=O) groups is 1. The molecule has 0 atom stereocenters. The van der Waals surface area contributed by atoms with Crippen LogP contribution in [0, 0.1) is 0 Å². The normalized spacial score (nSPS) is 12.3. The Morgan fingerprint density at radius 1 is 1.42 bits per heavy atom. The van der Waals surface area contributed by atoms with Gasteiger partial charge in [-0.25, -0.2) is 9.78 Å². The first-order valence-corrected chi connectivity index (χ1v) is 5.28. The van der Waals surface area contributed by atoms with Gasteiger partial charge < -0.3 is 5.11 Å². The highest BCUT2D eigenvalue weighted by molar-refractivity contribution is 5.89. The number of aromatic nitrogens is 4. The predicted molar refractivity (Wildman–Crippen MR) is 56.8 cm³/mol. The molecule has 19 heavy (non-hydrogen) atoms. The molecular formula is C10H9F3N4O2. The molecule has 0 unspecified atom stereocenters. The van der Waals surface area contributed by atoms with Gasteiger partial charge in [-0.2, -0.15) is 22.7 Å². The fourth-order valence-corrected chi connectivity index (χ4v) is 1.52. The van der Waals surface area contributed by atoms with Crippen molar-refractivity contribution in [3.63, 3.8) is 0 Å². The fourth-order valence-electron chi connectivity index (χ4n) is 1.52. The SMILES string of the molecule is CC(C)c1nc2ncc(C(=O)O)c(C(F)(F)F)n2n1. The molecule has 2 aromatic rings. The van der Waals surface area contributed by atoms with E-state index in [1.54, 1.807) is 13.8 Å². The molecule has 0 saturated heterocycles. The molecule has 0 bridgehead atoms. The molecule has 2 heterocycles. The average Bonchev–Trinajstić information content (AvgIpc) is 2.69. The van der Waals surface area contributed by atoms with Gasteiger partial charge in [0.05, 0.1) is 0 Å². The van der Waals surface area contributed by atoms with E-state index >= 15 is 0 Å². The van der Waals surface area contributed by atoms with Crippen LogP contribution in [-0.2, 0) is 6.18 Å². The molecule has 1 N–H and O–H groups in total. The lowest BCUT2D eigenvalue weighted by atomic mass is 10.2. The molecule has 0 aliphatic carbocycles. The van der Waals surface area contributed by atoms with E-state index in [1.165, 1.54) is 0 Å². The molecular weight excluding hydrogens is 265 g/mol. The average molecular weight is 274 g/mol. The van der Waals surface area contributed by atoms with Crippen LogP contribution < -0.4 is 0 Å². The van der Waals surface area contributed by atoms with Crippen molar-refractivity contribution in [1.29, 1.82) is 0 Å². The molecule has 102 valence electrons. The third-order valence-corrected chi connectivity index (χ3v) is 2.40. The molecule has 0 aliphatic rings. The topological polar surface area (TPSA) is 80.4 Å². The highest BCUT2D eigenvalue weighted by Crippen LogP contribution is 2.32. The lowest BCUT2D eigenvalue weighted by molar-refractivity contribution is -0.143. The summed E-state index contributed by atoms with van der Waals surface area (Å²) in [5.74, 6) is -2.03. The maximum Gasteiger partial charge on any atom is 0.434 e. The van der Waals surface area contributed by atoms with Crippen molar-refractivity contribution < 1.29 is 23.1 Å². The van der Waals surface area contributed by atoms with Crippen molar-refractivity contribution in [3.05, 3.63) is 23.3 Å². The van der Waals surface area contributed by atoms with Gasteiger partial charge in [-0.05, 0) is 0 Å². The van der Waals surface area contributed by atoms with Crippen LogP contribution in [-0.4, -0.2) is 30.7 Å². The summed E-state index contributed by atoms with van der Waals surface area (Å²) >= 11 is 0. The highest BCUT2D eigenvalue weighted by Gasteiger charge is 2.40. The highest BCUT2D eigenvalue weighted by atomic mass is 19.4. The van der Waals surface area contributed by atoms with Crippen molar-refractivity contribution in [1.82, 2.24) is 19.6 Å².